The normalized spacial score (nSPS) is 13.5. The minimum atomic E-state index is -0.0644. The topological polar surface area (TPSA) is 98.2 Å². The summed E-state index contributed by atoms with van der Waals surface area (Å²) in [6, 6.07) is 19.4. The number of aliphatic imine (C=N–C) groups is 1. The summed E-state index contributed by atoms with van der Waals surface area (Å²) in [4.78, 5) is 7.52. The average molecular weight is 344 g/mol. The van der Waals surface area contributed by atoms with Crippen molar-refractivity contribution in [3.8, 4) is 11.8 Å². The molecule has 3 rings (SSSR count). The number of aromatic nitrogens is 1. The Labute approximate surface area is 152 Å². The van der Waals surface area contributed by atoms with Crippen LogP contribution in [0.15, 0.2) is 65.2 Å². The zero-order valence-corrected chi connectivity index (χ0v) is 14.5. The van der Waals surface area contributed by atoms with E-state index >= 15 is 0 Å². The summed E-state index contributed by atoms with van der Waals surface area (Å²) in [6.07, 6.45) is 2.27. The van der Waals surface area contributed by atoms with Crippen LogP contribution in [0.4, 0.5) is 0 Å². The van der Waals surface area contributed by atoms with Gasteiger partial charge in [-0.2, -0.15) is 5.26 Å². The summed E-state index contributed by atoms with van der Waals surface area (Å²) in [7, 11) is 0. The fourth-order valence-corrected chi connectivity index (χ4v) is 2.87. The Balaban J connectivity index is 1.85. The first-order valence-corrected chi connectivity index (χ1v) is 8.37. The van der Waals surface area contributed by atoms with Gasteiger partial charge < -0.3 is 15.8 Å². The fourth-order valence-electron chi connectivity index (χ4n) is 2.87. The second-order valence-electron chi connectivity index (χ2n) is 6.16. The number of hydrogen-bond acceptors (Lipinski definition) is 3. The monoisotopic (exact) mass is 344 g/mol. The molecule has 0 amide bonds. The molecule has 5 heteroatoms. The van der Waals surface area contributed by atoms with Crippen LogP contribution < -0.4 is 5.73 Å². The molecule has 0 aliphatic carbocycles. The first kappa shape index (κ1) is 17.3. The Hall–Kier alpha value is -3.52. The number of nitrogens with two attached hydrogens (primary N) is 1. The molecule has 0 bridgehead atoms. The number of nitrogens with one attached hydrogen (secondary N) is 1. The third kappa shape index (κ3) is 3.76. The molecular weight excluding hydrogens is 324 g/mol. The highest BCUT2D eigenvalue weighted by atomic mass is 16.3. The van der Waals surface area contributed by atoms with Gasteiger partial charge in [0.05, 0.1) is 17.3 Å². The minimum absolute atomic E-state index is 0.0644. The van der Waals surface area contributed by atoms with E-state index in [1.807, 2.05) is 61.5 Å². The highest BCUT2D eigenvalue weighted by molar-refractivity contribution is 6.05. The SMILES string of the molecule is C[C@H](Cc1ccccc1)N=C(N)C(C#N)=Cc1[nH]c2ccccc2c1O. The van der Waals surface area contributed by atoms with Crippen molar-refractivity contribution in [2.24, 2.45) is 10.7 Å². The molecule has 26 heavy (non-hydrogen) atoms. The predicted octanol–water partition coefficient (Wildman–Crippen LogP) is 3.77. The molecule has 0 saturated carbocycles. The number of rotatable bonds is 5. The maximum absolute atomic E-state index is 10.3. The van der Waals surface area contributed by atoms with E-state index in [1.165, 1.54) is 6.08 Å². The number of amidine groups is 1. The van der Waals surface area contributed by atoms with E-state index in [0.29, 0.717) is 11.1 Å². The maximum atomic E-state index is 10.3. The summed E-state index contributed by atoms with van der Waals surface area (Å²) in [6.45, 7) is 1.95. The van der Waals surface area contributed by atoms with Crippen LogP contribution in [0.25, 0.3) is 17.0 Å². The molecule has 0 saturated heterocycles. The number of fused-ring (bicyclic) bond motifs is 1. The minimum Gasteiger partial charge on any atom is -0.505 e. The number of benzene rings is 2. The molecule has 1 aromatic heterocycles. The molecule has 2 aromatic carbocycles. The van der Waals surface area contributed by atoms with E-state index in [-0.39, 0.29) is 23.2 Å². The van der Waals surface area contributed by atoms with Crippen LogP contribution >= 0.6 is 0 Å². The third-order valence-electron chi connectivity index (χ3n) is 4.13. The number of H-pyrrole nitrogens is 1. The summed E-state index contributed by atoms with van der Waals surface area (Å²) in [5.74, 6) is 0.257. The van der Waals surface area contributed by atoms with Gasteiger partial charge >= 0.3 is 0 Å². The van der Waals surface area contributed by atoms with Crippen LogP contribution in [0.1, 0.15) is 18.2 Å². The molecular formula is C21H20N4O. The lowest BCUT2D eigenvalue weighted by Crippen LogP contribution is -2.18. The first-order chi connectivity index (χ1) is 12.6. The van der Waals surface area contributed by atoms with Crippen LogP contribution in [-0.4, -0.2) is 22.0 Å². The van der Waals surface area contributed by atoms with Crippen molar-refractivity contribution >= 4 is 22.8 Å². The highest BCUT2D eigenvalue weighted by Crippen LogP contribution is 2.30. The lowest BCUT2D eigenvalue weighted by molar-refractivity contribution is 0.480. The first-order valence-electron chi connectivity index (χ1n) is 8.37. The third-order valence-corrected chi connectivity index (χ3v) is 4.13. The summed E-state index contributed by atoms with van der Waals surface area (Å²) in [5.41, 5.74) is 8.65. The van der Waals surface area contributed by atoms with Gasteiger partial charge in [0.15, 0.2) is 0 Å². The van der Waals surface area contributed by atoms with Crippen molar-refractivity contribution < 1.29 is 5.11 Å². The molecule has 130 valence electrons. The van der Waals surface area contributed by atoms with Gasteiger partial charge in [-0.3, -0.25) is 4.99 Å². The number of aromatic amines is 1. The Kier molecular flexibility index (Phi) is 5.04. The molecule has 0 aliphatic rings. The molecule has 5 nitrogen and oxygen atoms in total. The average Bonchev–Trinajstić information content (AvgIpc) is 2.96. The van der Waals surface area contributed by atoms with Crippen molar-refractivity contribution in [1.82, 2.24) is 4.98 Å². The number of aromatic hydroxyl groups is 1. The van der Waals surface area contributed by atoms with Crippen LogP contribution in [0, 0.1) is 11.3 Å². The van der Waals surface area contributed by atoms with Gasteiger partial charge in [-0.1, -0.05) is 42.5 Å². The lowest BCUT2D eigenvalue weighted by Gasteiger charge is -2.08. The standard InChI is InChI=1S/C21H20N4O/c1-14(11-15-7-3-2-4-8-15)24-21(23)16(13-22)12-19-20(26)17-9-5-6-10-18(17)25-19/h2-10,12,14,25-26H,11H2,1H3,(H2,23,24)/t14-/m1/s1. The lowest BCUT2D eigenvalue weighted by atomic mass is 10.1. The van der Waals surface area contributed by atoms with Gasteiger partial charge in [0.1, 0.15) is 17.7 Å². The van der Waals surface area contributed by atoms with E-state index in [4.69, 9.17) is 5.73 Å². The van der Waals surface area contributed by atoms with Gasteiger partial charge in [-0.05, 0) is 37.1 Å². The fraction of sp³-hybridized carbons (Fsp3) is 0.143. The van der Waals surface area contributed by atoms with Gasteiger partial charge in [0, 0.05) is 10.9 Å². The second-order valence-corrected chi connectivity index (χ2v) is 6.16. The van der Waals surface area contributed by atoms with E-state index in [0.717, 1.165) is 17.5 Å². The largest absolute Gasteiger partial charge is 0.505 e. The van der Waals surface area contributed by atoms with Crippen LogP contribution in [0.5, 0.6) is 5.75 Å². The van der Waals surface area contributed by atoms with E-state index in [9.17, 15) is 10.4 Å². The summed E-state index contributed by atoms with van der Waals surface area (Å²) < 4.78 is 0. The van der Waals surface area contributed by atoms with Crippen LogP contribution in [-0.2, 0) is 6.42 Å². The van der Waals surface area contributed by atoms with Crippen LogP contribution in [0.3, 0.4) is 0 Å². The zero-order valence-electron chi connectivity index (χ0n) is 14.5. The molecule has 0 spiro atoms. The molecule has 3 aromatic rings. The van der Waals surface area contributed by atoms with Crippen LogP contribution in [0.2, 0.25) is 0 Å². The Bertz CT molecular complexity index is 1010. The highest BCUT2D eigenvalue weighted by Gasteiger charge is 2.11. The Morgan fingerprint density at radius 2 is 1.92 bits per heavy atom. The van der Waals surface area contributed by atoms with Gasteiger partial charge in [-0.25, -0.2) is 0 Å². The van der Waals surface area contributed by atoms with Crippen molar-refractivity contribution in [3.05, 3.63) is 71.4 Å². The van der Waals surface area contributed by atoms with Gasteiger partial charge in [-0.15, -0.1) is 0 Å². The van der Waals surface area contributed by atoms with Crippen molar-refractivity contribution in [2.75, 3.05) is 0 Å². The molecule has 1 atom stereocenters. The van der Waals surface area contributed by atoms with E-state index < -0.39 is 0 Å². The Morgan fingerprint density at radius 1 is 1.23 bits per heavy atom. The summed E-state index contributed by atoms with van der Waals surface area (Å²) in [5, 5.41) is 20.5. The predicted molar refractivity (Wildman–Crippen MR) is 105 cm³/mol. The number of nitriles is 1. The Morgan fingerprint density at radius 3 is 2.62 bits per heavy atom. The van der Waals surface area contributed by atoms with Gasteiger partial charge in [0.25, 0.3) is 0 Å². The molecule has 0 aliphatic heterocycles. The zero-order chi connectivity index (χ0) is 18.5. The van der Waals surface area contributed by atoms with E-state index in [2.05, 4.69) is 16.0 Å². The van der Waals surface area contributed by atoms with Crippen molar-refractivity contribution in [1.29, 1.82) is 5.26 Å². The number of para-hydroxylation sites is 1. The van der Waals surface area contributed by atoms with Crippen molar-refractivity contribution in [2.45, 2.75) is 19.4 Å². The number of hydrogen-bond donors (Lipinski definition) is 3. The number of nitrogens with zero attached hydrogens (tertiary/aromatic N) is 2. The molecule has 0 unspecified atom stereocenters. The van der Waals surface area contributed by atoms with Gasteiger partial charge in [0.2, 0.25) is 0 Å². The quantitative estimate of drug-likeness (QED) is 0.373. The van der Waals surface area contributed by atoms with E-state index in [1.54, 1.807) is 0 Å². The molecule has 0 fully saturated rings. The van der Waals surface area contributed by atoms with Crippen molar-refractivity contribution in [3.63, 3.8) is 0 Å². The molecule has 4 N–H and O–H groups in total. The maximum Gasteiger partial charge on any atom is 0.148 e. The molecule has 1 heterocycles. The molecule has 0 radical (unpaired) electrons. The summed E-state index contributed by atoms with van der Waals surface area (Å²) >= 11 is 0. The second kappa shape index (κ2) is 7.58. The smallest absolute Gasteiger partial charge is 0.148 e.